The molecule has 0 aliphatic heterocycles. The summed E-state index contributed by atoms with van der Waals surface area (Å²) in [5, 5.41) is 11.8. The molecular formula is C18H12ClNO6. The second-order valence-electron chi connectivity index (χ2n) is 5.15. The fraction of sp³-hybridized carbons (Fsp3) is 0.0556. The molecule has 0 atom stereocenters. The predicted molar refractivity (Wildman–Crippen MR) is 93.8 cm³/mol. The zero-order valence-electron chi connectivity index (χ0n) is 13.5. The number of benzene rings is 2. The number of halogens is 1. The molecule has 0 saturated heterocycles. The lowest BCUT2D eigenvalue weighted by Gasteiger charge is -2.04. The van der Waals surface area contributed by atoms with Crippen molar-refractivity contribution in [1.29, 1.82) is 0 Å². The van der Waals surface area contributed by atoms with Gasteiger partial charge in [-0.3, -0.25) is 10.1 Å². The Kier molecular flexibility index (Phi) is 4.90. The van der Waals surface area contributed by atoms with Crippen LogP contribution in [0, 0.1) is 10.1 Å². The summed E-state index contributed by atoms with van der Waals surface area (Å²) < 4.78 is 15.6. The Bertz CT molecular complexity index is 964. The Morgan fingerprint density at radius 1 is 1.08 bits per heavy atom. The van der Waals surface area contributed by atoms with Gasteiger partial charge in [0.15, 0.2) is 0 Å². The van der Waals surface area contributed by atoms with E-state index >= 15 is 0 Å². The van der Waals surface area contributed by atoms with E-state index in [1.165, 1.54) is 31.4 Å². The van der Waals surface area contributed by atoms with Crippen molar-refractivity contribution in [3.63, 3.8) is 0 Å². The zero-order chi connectivity index (χ0) is 18.7. The predicted octanol–water partition coefficient (Wildman–Crippen LogP) is 4.74. The van der Waals surface area contributed by atoms with Crippen molar-refractivity contribution in [3.8, 4) is 22.8 Å². The minimum atomic E-state index is -0.727. The van der Waals surface area contributed by atoms with Crippen LogP contribution in [0.3, 0.4) is 0 Å². The lowest BCUT2D eigenvalue weighted by atomic mass is 10.1. The lowest BCUT2D eigenvalue weighted by molar-refractivity contribution is -0.384. The second-order valence-corrected chi connectivity index (χ2v) is 5.58. The van der Waals surface area contributed by atoms with Crippen molar-refractivity contribution in [2.45, 2.75) is 0 Å². The van der Waals surface area contributed by atoms with Crippen LogP contribution in [-0.4, -0.2) is 18.0 Å². The van der Waals surface area contributed by atoms with Crippen molar-refractivity contribution >= 4 is 23.3 Å². The average Bonchev–Trinajstić information content (AvgIpc) is 3.13. The molecule has 0 fully saturated rings. The Morgan fingerprint density at radius 2 is 1.77 bits per heavy atom. The van der Waals surface area contributed by atoms with Gasteiger partial charge in [0, 0.05) is 5.02 Å². The van der Waals surface area contributed by atoms with Crippen LogP contribution < -0.4 is 9.47 Å². The minimum Gasteiger partial charge on any atom is -0.497 e. The molecule has 1 aromatic heterocycles. The smallest absolute Gasteiger partial charge is 0.379 e. The fourth-order valence-electron chi connectivity index (χ4n) is 2.25. The molecule has 0 aliphatic carbocycles. The number of carbonyl (C=O) groups excluding carboxylic acids is 1. The van der Waals surface area contributed by atoms with E-state index in [0.29, 0.717) is 16.5 Å². The summed E-state index contributed by atoms with van der Waals surface area (Å²) in [7, 11) is 1.41. The number of nitrogens with zero attached hydrogens (tertiary/aromatic N) is 1. The van der Waals surface area contributed by atoms with E-state index in [0.717, 1.165) is 0 Å². The van der Waals surface area contributed by atoms with Gasteiger partial charge in [-0.1, -0.05) is 11.6 Å². The number of hydrogen-bond acceptors (Lipinski definition) is 6. The number of carbonyl (C=O) groups is 1. The van der Waals surface area contributed by atoms with Crippen LogP contribution in [-0.2, 0) is 0 Å². The number of nitro benzene ring substituents is 1. The molecule has 0 bridgehead atoms. The first kappa shape index (κ1) is 17.5. The summed E-state index contributed by atoms with van der Waals surface area (Å²) in [6, 6.07) is 13.4. The zero-order valence-corrected chi connectivity index (χ0v) is 14.2. The number of furan rings is 1. The third-order valence-electron chi connectivity index (χ3n) is 3.50. The van der Waals surface area contributed by atoms with E-state index in [-0.39, 0.29) is 22.8 Å². The van der Waals surface area contributed by atoms with Gasteiger partial charge in [-0.2, -0.15) is 0 Å². The van der Waals surface area contributed by atoms with Gasteiger partial charge in [-0.15, -0.1) is 0 Å². The molecule has 26 heavy (non-hydrogen) atoms. The lowest BCUT2D eigenvalue weighted by Crippen LogP contribution is -2.06. The standard InChI is InChI=1S/C18H12ClNO6/c1-24-13-6-7-14(15(10-13)20(22)23)16-8-9-17(26-16)18(21)25-12-4-2-11(19)3-5-12/h2-10H,1H3. The number of esters is 1. The summed E-state index contributed by atoms with van der Waals surface area (Å²) in [4.78, 5) is 22.9. The third kappa shape index (κ3) is 3.68. The second kappa shape index (κ2) is 7.28. The number of methoxy groups -OCH3 is 1. The summed E-state index contributed by atoms with van der Waals surface area (Å²) in [5.41, 5.74) is 0.0256. The Labute approximate surface area is 152 Å². The number of rotatable bonds is 5. The monoisotopic (exact) mass is 373 g/mol. The highest BCUT2D eigenvalue weighted by atomic mass is 35.5. The highest BCUT2D eigenvalue weighted by Gasteiger charge is 2.21. The fourth-order valence-corrected chi connectivity index (χ4v) is 2.38. The molecule has 0 spiro atoms. The first-order valence-corrected chi connectivity index (χ1v) is 7.76. The van der Waals surface area contributed by atoms with Crippen molar-refractivity contribution in [3.05, 3.63) is 75.5 Å². The van der Waals surface area contributed by atoms with Crippen LogP contribution in [0.4, 0.5) is 5.69 Å². The van der Waals surface area contributed by atoms with Gasteiger partial charge in [-0.05, 0) is 48.5 Å². The van der Waals surface area contributed by atoms with Crippen molar-refractivity contribution in [2.24, 2.45) is 0 Å². The SMILES string of the molecule is COc1ccc(-c2ccc(C(=O)Oc3ccc(Cl)cc3)o2)c([N+](=O)[O-])c1. The molecule has 0 aliphatic rings. The van der Waals surface area contributed by atoms with E-state index in [1.807, 2.05) is 0 Å². The van der Waals surface area contributed by atoms with Crippen LogP contribution >= 0.6 is 11.6 Å². The minimum absolute atomic E-state index is 0.0833. The van der Waals surface area contributed by atoms with E-state index in [9.17, 15) is 14.9 Å². The molecule has 1 heterocycles. The van der Waals surface area contributed by atoms with Gasteiger partial charge in [-0.25, -0.2) is 4.79 Å². The maximum Gasteiger partial charge on any atom is 0.379 e. The first-order valence-electron chi connectivity index (χ1n) is 7.38. The highest BCUT2D eigenvalue weighted by molar-refractivity contribution is 6.30. The van der Waals surface area contributed by atoms with Crippen molar-refractivity contribution < 1.29 is 23.6 Å². The summed E-state index contributed by atoms with van der Waals surface area (Å²) in [5.74, 6) is -0.000585. The van der Waals surface area contributed by atoms with Gasteiger partial charge in [0.05, 0.1) is 23.7 Å². The molecule has 0 unspecified atom stereocenters. The molecule has 3 rings (SSSR count). The molecule has 2 aromatic carbocycles. The van der Waals surface area contributed by atoms with Gasteiger partial charge in [0.2, 0.25) is 5.76 Å². The Balaban J connectivity index is 1.86. The largest absolute Gasteiger partial charge is 0.497 e. The molecule has 0 radical (unpaired) electrons. The molecule has 0 amide bonds. The van der Waals surface area contributed by atoms with Gasteiger partial charge >= 0.3 is 5.97 Å². The summed E-state index contributed by atoms with van der Waals surface area (Å²) in [6.45, 7) is 0. The summed E-state index contributed by atoms with van der Waals surface area (Å²) >= 11 is 5.78. The van der Waals surface area contributed by atoms with E-state index < -0.39 is 10.9 Å². The van der Waals surface area contributed by atoms with E-state index in [1.54, 1.807) is 30.3 Å². The van der Waals surface area contributed by atoms with Gasteiger partial charge in [0.25, 0.3) is 5.69 Å². The maximum absolute atomic E-state index is 12.2. The van der Waals surface area contributed by atoms with Crippen LogP contribution in [0.1, 0.15) is 10.6 Å². The van der Waals surface area contributed by atoms with Crippen LogP contribution in [0.15, 0.2) is 59.0 Å². The van der Waals surface area contributed by atoms with E-state index in [2.05, 4.69) is 0 Å². The number of nitro groups is 1. The third-order valence-corrected chi connectivity index (χ3v) is 3.75. The molecule has 7 nitrogen and oxygen atoms in total. The molecule has 0 N–H and O–H groups in total. The summed E-state index contributed by atoms with van der Waals surface area (Å²) in [6.07, 6.45) is 0. The first-order chi connectivity index (χ1) is 12.5. The number of ether oxygens (including phenoxy) is 2. The van der Waals surface area contributed by atoms with Crippen LogP contribution in [0.25, 0.3) is 11.3 Å². The van der Waals surface area contributed by atoms with E-state index in [4.69, 9.17) is 25.5 Å². The molecule has 132 valence electrons. The molecule has 8 heteroatoms. The Morgan fingerprint density at radius 3 is 2.42 bits per heavy atom. The van der Waals surface area contributed by atoms with Gasteiger partial charge < -0.3 is 13.9 Å². The quantitative estimate of drug-likeness (QED) is 0.278. The van der Waals surface area contributed by atoms with Crippen LogP contribution in [0.2, 0.25) is 5.02 Å². The highest BCUT2D eigenvalue weighted by Crippen LogP contribution is 2.34. The van der Waals surface area contributed by atoms with Crippen LogP contribution in [0.5, 0.6) is 11.5 Å². The Hall–Kier alpha value is -3.32. The average molecular weight is 374 g/mol. The van der Waals surface area contributed by atoms with Gasteiger partial charge in [0.1, 0.15) is 17.3 Å². The topological polar surface area (TPSA) is 91.8 Å². The van der Waals surface area contributed by atoms with Crippen molar-refractivity contribution in [2.75, 3.05) is 7.11 Å². The van der Waals surface area contributed by atoms with Crippen molar-refractivity contribution in [1.82, 2.24) is 0 Å². The molecular weight excluding hydrogens is 362 g/mol. The number of hydrogen-bond donors (Lipinski definition) is 0. The molecule has 3 aromatic rings. The maximum atomic E-state index is 12.2. The molecule has 0 saturated carbocycles. The normalized spacial score (nSPS) is 10.4.